The van der Waals surface area contributed by atoms with Crippen LogP contribution < -0.4 is 0 Å². The molecule has 0 bridgehead atoms. The Kier molecular flexibility index (Phi) is 3.61. The Hall–Kier alpha value is 0. The second kappa shape index (κ2) is 4.30. The van der Waals surface area contributed by atoms with E-state index in [2.05, 4.69) is 27.7 Å². The molecule has 0 spiro atoms. The van der Waals surface area contributed by atoms with E-state index in [0.29, 0.717) is 0 Å². The third kappa shape index (κ3) is 2.24. The normalized spacial score (nSPS) is 39.5. The summed E-state index contributed by atoms with van der Waals surface area (Å²) in [6.45, 7) is 9.59. The summed E-state index contributed by atoms with van der Waals surface area (Å²) in [4.78, 5) is 0. The first-order chi connectivity index (χ1) is 5.65. The molecule has 1 saturated carbocycles. The zero-order valence-corrected chi connectivity index (χ0v) is 9.14. The van der Waals surface area contributed by atoms with E-state index in [4.69, 9.17) is 0 Å². The molecule has 0 aromatic heterocycles. The molecule has 0 aromatic carbocycles. The summed E-state index contributed by atoms with van der Waals surface area (Å²) in [6, 6.07) is 0. The molecule has 1 rings (SSSR count). The molecule has 0 saturated heterocycles. The summed E-state index contributed by atoms with van der Waals surface area (Å²) in [7, 11) is 0. The molecule has 1 aliphatic rings. The van der Waals surface area contributed by atoms with E-state index in [1.54, 1.807) is 0 Å². The fourth-order valence-corrected chi connectivity index (χ4v) is 2.44. The predicted octanol–water partition coefficient (Wildman–Crippen LogP) is 4.10. The topological polar surface area (TPSA) is 0 Å². The fourth-order valence-electron chi connectivity index (χ4n) is 2.44. The van der Waals surface area contributed by atoms with Crippen molar-refractivity contribution < 1.29 is 0 Å². The summed E-state index contributed by atoms with van der Waals surface area (Å²) in [5, 5.41) is 0. The molecule has 0 N–H and O–H groups in total. The summed E-state index contributed by atoms with van der Waals surface area (Å²) < 4.78 is 0. The van der Waals surface area contributed by atoms with Crippen LogP contribution in [0.15, 0.2) is 0 Å². The van der Waals surface area contributed by atoms with Crippen molar-refractivity contribution in [1.29, 1.82) is 0 Å². The highest BCUT2D eigenvalue weighted by Crippen LogP contribution is 2.37. The predicted molar refractivity (Wildman–Crippen MR) is 55.1 cm³/mol. The quantitative estimate of drug-likeness (QED) is 0.582. The van der Waals surface area contributed by atoms with Gasteiger partial charge in [-0.2, -0.15) is 0 Å². The highest BCUT2D eigenvalue weighted by Gasteiger charge is 2.26. The summed E-state index contributed by atoms with van der Waals surface area (Å²) in [5.41, 5.74) is 0. The van der Waals surface area contributed by atoms with Crippen LogP contribution in [0.25, 0.3) is 0 Å². The van der Waals surface area contributed by atoms with Crippen LogP contribution in [0, 0.1) is 23.7 Å². The molecule has 0 amide bonds. The Morgan fingerprint density at radius 1 is 1.17 bits per heavy atom. The second-order valence-electron chi connectivity index (χ2n) is 4.91. The lowest BCUT2D eigenvalue weighted by Gasteiger charge is -2.35. The van der Waals surface area contributed by atoms with Crippen molar-refractivity contribution in [2.45, 2.75) is 53.4 Å². The Balaban J connectivity index is 2.39. The van der Waals surface area contributed by atoms with Gasteiger partial charge in [-0.05, 0) is 36.5 Å². The standard InChI is InChI=1S/C12H24/c1-5-9(2)12-7-6-10(3)11(4)8-12/h9-12H,5-8H2,1-4H3/t9-,10+,11-,12-/m0/s1. The summed E-state index contributed by atoms with van der Waals surface area (Å²) >= 11 is 0. The van der Waals surface area contributed by atoms with E-state index in [1.807, 2.05) is 0 Å². The van der Waals surface area contributed by atoms with Gasteiger partial charge in [0.05, 0.1) is 0 Å². The van der Waals surface area contributed by atoms with E-state index in [9.17, 15) is 0 Å². The molecule has 0 radical (unpaired) electrons. The third-order valence-electron chi connectivity index (χ3n) is 4.09. The number of hydrogen-bond acceptors (Lipinski definition) is 0. The van der Waals surface area contributed by atoms with E-state index in [0.717, 1.165) is 23.7 Å². The van der Waals surface area contributed by atoms with Crippen LogP contribution in [-0.2, 0) is 0 Å². The van der Waals surface area contributed by atoms with E-state index in [1.165, 1.54) is 25.7 Å². The van der Waals surface area contributed by atoms with Crippen LogP contribution in [0.2, 0.25) is 0 Å². The molecule has 0 heterocycles. The van der Waals surface area contributed by atoms with Gasteiger partial charge in [0.15, 0.2) is 0 Å². The zero-order valence-electron chi connectivity index (χ0n) is 9.14. The van der Waals surface area contributed by atoms with Crippen molar-refractivity contribution in [3.8, 4) is 0 Å². The molecule has 12 heavy (non-hydrogen) atoms. The smallest absolute Gasteiger partial charge is 0.0386 e. The Bertz CT molecular complexity index is 128. The highest BCUT2D eigenvalue weighted by atomic mass is 14.3. The summed E-state index contributed by atoms with van der Waals surface area (Å²) in [6.07, 6.45) is 5.80. The zero-order chi connectivity index (χ0) is 9.14. The average molecular weight is 168 g/mol. The van der Waals surface area contributed by atoms with Gasteiger partial charge in [0.25, 0.3) is 0 Å². The fraction of sp³-hybridized carbons (Fsp3) is 1.00. The minimum Gasteiger partial charge on any atom is -0.0651 e. The van der Waals surface area contributed by atoms with Crippen LogP contribution in [-0.4, -0.2) is 0 Å². The van der Waals surface area contributed by atoms with Gasteiger partial charge in [0, 0.05) is 0 Å². The first kappa shape index (κ1) is 10.1. The SMILES string of the molecule is CC[C@H](C)[C@H]1CC[C@@H](C)[C@@H](C)C1. The molecular weight excluding hydrogens is 144 g/mol. The lowest BCUT2D eigenvalue weighted by Crippen LogP contribution is -2.24. The van der Waals surface area contributed by atoms with Gasteiger partial charge in [-0.3, -0.25) is 0 Å². The van der Waals surface area contributed by atoms with Crippen molar-refractivity contribution in [2.24, 2.45) is 23.7 Å². The van der Waals surface area contributed by atoms with Crippen molar-refractivity contribution in [3.05, 3.63) is 0 Å². The van der Waals surface area contributed by atoms with Crippen molar-refractivity contribution in [1.82, 2.24) is 0 Å². The first-order valence-electron chi connectivity index (χ1n) is 5.65. The average Bonchev–Trinajstić information content (AvgIpc) is 2.08. The Morgan fingerprint density at radius 2 is 1.83 bits per heavy atom. The third-order valence-corrected chi connectivity index (χ3v) is 4.09. The van der Waals surface area contributed by atoms with Gasteiger partial charge in [0.1, 0.15) is 0 Å². The van der Waals surface area contributed by atoms with Crippen molar-refractivity contribution >= 4 is 0 Å². The van der Waals surface area contributed by atoms with Crippen LogP contribution in [0.3, 0.4) is 0 Å². The van der Waals surface area contributed by atoms with Crippen LogP contribution in [0.1, 0.15) is 53.4 Å². The van der Waals surface area contributed by atoms with Gasteiger partial charge in [-0.15, -0.1) is 0 Å². The molecular formula is C12H24. The van der Waals surface area contributed by atoms with Gasteiger partial charge < -0.3 is 0 Å². The molecule has 0 heteroatoms. The minimum absolute atomic E-state index is 0.958. The van der Waals surface area contributed by atoms with E-state index >= 15 is 0 Å². The van der Waals surface area contributed by atoms with Crippen LogP contribution in [0.5, 0.6) is 0 Å². The minimum atomic E-state index is 0.958. The van der Waals surface area contributed by atoms with E-state index < -0.39 is 0 Å². The molecule has 0 unspecified atom stereocenters. The highest BCUT2D eigenvalue weighted by molar-refractivity contribution is 4.77. The second-order valence-corrected chi connectivity index (χ2v) is 4.91. The summed E-state index contributed by atoms with van der Waals surface area (Å²) in [5.74, 6) is 3.93. The van der Waals surface area contributed by atoms with Gasteiger partial charge >= 0.3 is 0 Å². The van der Waals surface area contributed by atoms with E-state index in [-0.39, 0.29) is 0 Å². The van der Waals surface area contributed by atoms with Gasteiger partial charge in [-0.1, -0.05) is 40.5 Å². The maximum Gasteiger partial charge on any atom is -0.0386 e. The largest absolute Gasteiger partial charge is 0.0651 e. The Morgan fingerprint density at radius 3 is 2.33 bits per heavy atom. The number of hydrogen-bond donors (Lipinski definition) is 0. The molecule has 72 valence electrons. The molecule has 0 aliphatic heterocycles. The molecule has 0 nitrogen and oxygen atoms in total. The van der Waals surface area contributed by atoms with Gasteiger partial charge in [0.2, 0.25) is 0 Å². The van der Waals surface area contributed by atoms with Crippen molar-refractivity contribution in [3.63, 3.8) is 0 Å². The molecule has 1 fully saturated rings. The molecule has 4 atom stereocenters. The molecule has 0 aromatic rings. The monoisotopic (exact) mass is 168 g/mol. The first-order valence-corrected chi connectivity index (χ1v) is 5.65. The Labute approximate surface area is 77.7 Å². The van der Waals surface area contributed by atoms with Gasteiger partial charge in [-0.25, -0.2) is 0 Å². The lowest BCUT2D eigenvalue weighted by molar-refractivity contribution is 0.161. The molecule has 1 aliphatic carbocycles. The lowest BCUT2D eigenvalue weighted by atomic mass is 9.71. The maximum absolute atomic E-state index is 2.43. The maximum atomic E-state index is 2.43. The van der Waals surface area contributed by atoms with Crippen LogP contribution in [0.4, 0.5) is 0 Å². The number of rotatable bonds is 2. The van der Waals surface area contributed by atoms with Crippen molar-refractivity contribution in [2.75, 3.05) is 0 Å². The van der Waals surface area contributed by atoms with Crippen LogP contribution >= 0.6 is 0 Å².